The zero-order chi connectivity index (χ0) is 11.5. The monoisotopic (exact) mass is 215 g/mol. The molecule has 0 saturated carbocycles. The first kappa shape index (κ1) is 10.4. The molecular formula is C12H13N3O. The van der Waals surface area contributed by atoms with E-state index in [4.69, 9.17) is 0 Å². The van der Waals surface area contributed by atoms with Crippen molar-refractivity contribution >= 4 is 23.1 Å². The van der Waals surface area contributed by atoms with Gasteiger partial charge in [0.15, 0.2) is 0 Å². The molecular weight excluding hydrogens is 202 g/mol. The Balaban J connectivity index is 2.30. The van der Waals surface area contributed by atoms with Gasteiger partial charge < -0.3 is 9.88 Å². The Morgan fingerprint density at radius 2 is 2.12 bits per heavy atom. The van der Waals surface area contributed by atoms with Crippen LogP contribution in [0.1, 0.15) is 10.5 Å². The average molecular weight is 215 g/mol. The molecule has 0 spiro atoms. The van der Waals surface area contributed by atoms with Crippen molar-refractivity contribution in [2.45, 2.75) is 0 Å². The Kier molecular flexibility index (Phi) is 2.72. The van der Waals surface area contributed by atoms with E-state index in [0.29, 0.717) is 5.69 Å². The maximum Gasteiger partial charge on any atom is 0.294 e. The first-order valence-electron chi connectivity index (χ1n) is 4.99. The lowest BCUT2D eigenvalue weighted by atomic mass is 10.2. The number of aliphatic imine (C=N–C) groups is 1. The topological polar surface area (TPSA) is 48.5 Å². The Labute approximate surface area is 93.6 Å². The third-order valence-corrected chi connectivity index (χ3v) is 2.17. The number of carbonyl (C=O) groups excluding carboxylic acids is 1. The van der Waals surface area contributed by atoms with E-state index in [1.165, 1.54) is 6.34 Å². The minimum absolute atomic E-state index is 0.259. The fourth-order valence-electron chi connectivity index (χ4n) is 1.43. The number of aromatic nitrogens is 1. The van der Waals surface area contributed by atoms with Gasteiger partial charge in [-0.25, -0.2) is 0 Å². The molecule has 4 heteroatoms. The molecule has 1 amide bonds. The summed E-state index contributed by atoms with van der Waals surface area (Å²) in [5.74, 6) is -0.259. The van der Waals surface area contributed by atoms with Crippen LogP contribution >= 0.6 is 0 Å². The van der Waals surface area contributed by atoms with Crippen molar-refractivity contribution in [3.8, 4) is 0 Å². The van der Waals surface area contributed by atoms with Gasteiger partial charge in [0, 0.05) is 25.0 Å². The maximum absolute atomic E-state index is 11.7. The van der Waals surface area contributed by atoms with Crippen molar-refractivity contribution in [2.24, 2.45) is 4.99 Å². The number of amides is 1. The number of para-hydroxylation sites is 1. The smallest absolute Gasteiger partial charge is 0.294 e. The van der Waals surface area contributed by atoms with E-state index < -0.39 is 0 Å². The van der Waals surface area contributed by atoms with Crippen molar-refractivity contribution in [3.05, 3.63) is 36.0 Å². The number of H-pyrrole nitrogens is 1. The highest BCUT2D eigenvalue weighted by Gasteiger charge is 2.06. The zero-order valence-electron chi connectivity index (χ0n) is 9.27. The van der Waals surface area contributed by atoms with Gasteiger partial charge in [0.05, 0.1) is 6.34 Å². The number of fused-ring (bicyclic) bond motifs is 1. The van der Waals surface area contributed by atoms with Gasteiger partial charge in [-0.1, -0.05) is 18.2 Å². The van der Waals surface area contributed by atoms with Crippen LogP contribution in [0.3, 0.4) is 0 Å². The quantitative estimate of drug-likeness (QED) is 0.614. The molecule has 2 aromatic rings. The molecule has 0 fully saturated rings. The van der Waals surface area contributed by atoms with Crippen molar-refractivity contribution in [1.82, 2.24) is 9.88 Å². The molecule has 4 nitrogen and oxygen atoms in total. The molecule has 1 N–H and O–H groups in total. The molecule has 1 aromatic heterocycles. The predicted molar refractivity (Wildman–Crippen MR) is 64.8 cm³/mol. The fourth-order valence-corrected chi connectivity index (χ4v) is 1.43. The van der Waals surface area contributed by atoms with Crippen LogP contribution in [0, 0.1) is 0 Å². The van der Waals surface area contributed by atoms with Crippen LogP contribution in [-0.2, 0) is 0 Å². The van der Waals surface area contributed by atoms with Crippen molar-refractivity contribution < 1.29 is 4.79 Å². The third-order valence-electron chi connectivity index (χ3n) is 2.17. The van der Waals surface area contributed by atoms with Crippen LogP contribution in [0.5, 0.6) is 0 Å². The number of nitrogens with one attached hydrogen (secondary N) is 1. The minimum Gasteiger partial charge on any atom is -0.369 e. The zero-order valence-corrected chi connectivity index (χ0v) is 9.27. The lowest BCUT2D eigenvalue weighted by Gasteiger charge is -2.00. The number of rotatable bonds is 2. The van der Waals surface area contributed by atoms with E-state index in [0.717, 1.165) is 10.9 Å². The molecule has 0 saturated heterocycles. The van der Waals surface area contributed by atoms with Gasteiger partial charge in [-0.15, -0.1) is 0 Å². The molecule has 1 aromatic carbocycles. The highest BCUT2D eigenvalue weighted by atomic mass is 16.1. The van der Waals surface area contributed by atoms with Crippen molar-refractivity contribution in [2.75, 3.05) is 14.1 Å². The lowest BCUT2D eigenvalue weighted by molar-refractivity contribution is 0.0998. The average Bonchev–Trinajstić information content (AvgIpc) is 2.69. The molecule has 2 rings (SSSR count). The van der Waals surface area contributed by atoms with E-state index >= 15 is 0 Å². The molecule has 1 heterocycles. The summed E-state index contributed by atoms with van der Waals surface area (Å²) >= 11 is 0. The summed E-state index contributed by atoms with van der Waals surface area (Å²) in [6, 6.07) is 9.56. The largest absolute Gasteiger partial charge is 0.369 e. The molecule has 0 radical (unpaired) electrons. The molecule has 0 atom stereocenters. The maximum atomic E-state index is 11.7. The van der Waals surface area contributed by atoms with E-state index in [2.05, 4.69) is 9.98 Å². The summed E-state index contributed by atoms with van der Waals surface area (Å²) in [5, 5.41) is 1.02. The predicted octanol–water partition coefficient (Wildman–Crippen LogP) is 1.90. The Morgan fingerprint density at radius 3 is 2.81 bits per heavy atom. The van der Waals surface area contributed by atoms with Crippen LogP contribution in [-0.4, -0.2) is 36.2 Å². The molecule has 0 aliphatic heterocycles. The molecule has 82 valence electrons. The highest BCUT2D eigenvalue weighted by Crippen LogP contribution is 2.14. The first-order chi connectivity index (χ1) is 7.66. The van der Waals surface area contributed by atoms with Gasteiger partial charge in [0.2, 0.25) is 0 Å². The van der Waals surface area contributed by atoms with Gasteiger partial charge in [-0.05, 0) is 12.1 Å². The number of nitrogens with zero attached hydrogens (tertiary/aromatic N) is 2. The highest BCUT2D eigenvalue weighted by molar-refractivity contribution is 6.01. The first-order valence-corrected chi connectivity index (χ1v) is 4.99. The number of carbonyl (C=O) groups is 1. The van der Waals surface area contributed by atoms with Gasteiger partial charge in [-0.2, -0.15) is 4.99 Å². The number of hydrogen-bond donors (Lipinski definition) is 1. The summed E-state index contributed by atoms with van der Waals surface area (Å²) in [6.07, 6.45) is 1.49. The Bertz CT molecular complexity index is 507. The normalized spacial score (nSPS) is 11.1. The van der Waals surface area contributed by atoms with Crippen LogP contribution in [0.25, 0.3) is 10.9 Å². The second-order valence-corrected chi connectivity index (χ2v) is 3.78. The second-order valence-electron chi connectivity index (χ2n) is 3.78. The van der Waals surface area contributed by atoms with Crippen molar-refractivity contribution in [1.29, 1.82) is 0 Å². The third kappa shape index (κ3) is 2.11. The van der Waals surface area contributed by atoms with Crippen molar-refractivity contribution in [3.63, 3.8) is 0 Å². The van der Waals surface area contributed by atoms with E-state index in [1.54, 1.807) is 4.90 Å². The summed E-state index contributed by atoms with van der Waals surface area (Å²) in [7, 11) is 3.64. The molecule has 0 aliphatic carbocycles. The summed E-state index contributed by atoms with van der Waals surface area (Å²) < 4.78 is 0. The number of hydrogen-bond acceptors (Lipinski definition) is 1. The van der Waals surface area contributed by atoms with Crippen LogP contribution in [0.4, 0.5) is 0 Å². The number of benzene rings is 1. The molecule has 16 heavy (non-hydrogen) atoms. The van der Waals surface area contributed by atoms with Gasteiger partial charge in [0.1, 0.15) is 5.69 Å². The Hall–Kier alpha value is -2.10. The Morgan fingerprint density at radius 1 is 1.38 bits per heavy atom. The lowest BCUT2D eigenvalue weighted by Crippen LogP contribution is -2.09. The van der Waals surface area contributed by atoms with Gasteiger partial charge >= 0.3 is 0 Å². The van der Waals surface area contributed by atoms with E-state index in [-0.39, 0.29) is 5.91 Å². The molecule has 0 bridgehead atoms. The van der Waals surface area contributed by atoms with Gasteiger partial charge in [0.25, 0.3) is 5.91 Å². The summed E-state index contributed by atoms with van der Waals surface area (Å²) in [4.78, 5) is 20.2. The summed E-state index contributed by atoms with van der Waals surface area (Å²) in [6.45, 7) is 0. The summed E-state index contributed by atoms with van der Waals surface area (Å²) in [5.41, 5.74) is 1.46. The van der Waals surface area contributed by atoms with Crippen LogP contribution < -0.4 is 0 Å². The standard InChI is InChI=1S/C12H13N3O/c1-15(2)8-13-12(16)11-7-9-5-3-4-6-10(9)14-11/h3-8,14H,1-2H3/b13-8-. The molecule has 0 unspecified atom stereocenters. The molecule has 0 aliphatic rings. The van der Waals surface area contributed by atoms with Crippen LogP contribution in [0.15, 0.2) is 35.3 Å². The number of aromatic amines is 1. The van der Waals surface area contributed by atoms with Gasteiger partial charge in [-0.3, -0.25) is 4.79 Å². The van der Waals surface area contributed by atoms with E-state index in [9.17, 15) is 4.79 Å². The fraction of sp³-hybridized carbons (Fsp3) is 0.167. The second kappa shape index (κ2) is 4.18. The minimum atomic E-state index is -0.259. The SMILES string of the molecule is CN(C)/C=N\C(=O)c1cc2ccccc2[nH]1. The van der Waals surface area contributed by atoms with Crippen LogP contribution in [0.2, 0.25) is 0 Å². The van der Waals surface area contributed by atoms with E-state index in [1.807, 2.05) is 44.4 Å².